The molecule has 3 rings (SSSR count). The number of hydrogen-bond donors (Lipinski definition) is 1. The Hall–Kier alpha value is -2.96. The lowest BCUT2D eigenvalue weighted by atomic mass is 9.97. The summed E-state index contributed by atoms with van der Waals surface area (Å²) in [4.78, 5) is 25.8. The number of hydrogen-bond acceptors (Lipinski definition) is 4. The Morgan fingerprint density at radius 1 is 1.21 bits per heavy atom. The van der Waals surface area contributed by atoms with Gasteiger partial charge in [-0.15, -0.1) is 0 Å². The molecule has 1 aliphatic heterocycles. The normalized spacial score (nSPS) is 15.9. The second-order valence-electron chi connectivity index (χ2n) is 7.37. The molecular formula is C21H24FN3O3. The molecule has 2 aromatic carbocycles. The summed E-state index contributed by atoms with van der Waals surface area (Å²) in [5.74, 6) is -0.0956. The molecule has 0 spiro atoms. The minimum Gasteiger partial charge on any atom is -0.371 e. The van der Waals surface area contributed by atoms with Crippen LogP contribution in [-0.4, -0.2) is 23.9 Å². The highest BCUT2D eigenvalue weighted by molar-refractivity contribution is 6.00. The summed E-state index contributed by atoms with van der Waals surface area (Å²) in [6, 6.07) is 9.97. The average molecular weight is 385 g/mol. The van der Waals surface area contributed by atoms with E-state index in [-0.39, 0.29) is 29.0 Å². The zero-order valence-corrected chi connectivity index (χ0v) is 16.0. The van der Waals surface area contributed by atoms with E-state index in [0.717, 1.165) is 31.5 Å². The Bertz CT molecular complexity index is 862. The molecule has 148 valence electrons. The highest BCUT2D eigenvalue weighted by Crippen LogP contribution is 2.30. The summed E-state index contributed by atoms with van der Waals surface area (Å²) < 4.78 is 13.1. The molecule has 1 unspecified atom stereocenters. The molecule has 1 fully saturated rings. The first-order chi connectivity index (χ1) is 13.3. The van der Waals surface area contributed by atoms with Crippen molar-refractivity contribution in [3.63, 3.8) is 0 Å². The first-order valence-corrected chi connectivity index (χ1v) is 9.45. The summed E-state index contributed by atoms with van der Waals surface area (Å²) in [6.45, 7) is 5.62. The van der Waals surface area contributed by atoms with Crippen LogP contribution in [0.25, 0.3) is 0 Å². The van der Waals surface area contributed by atoms with Gasteiger partial charge in [-0.1, -0.05) is 19.1 Å². The van der Waals surface area contributed by atoms with Crippen LogP contribution < -0.4 is 10.2 Å². The number of nitrogens with one attached hydrogen (secondary N) is 1. The van der Waals surface area contributed by atoms with Crippen molar-refractivity contribution in [2.45, 2.75) is 32.7 Å². The smallest absolute Gasteiger partial charge is 0.270 e. The fourth-order valence-corrected chi connectivity index (χ4v) is 3.45. The largest absolute Gasteiger partial charge is 0.371 e. The fourth-order valence-electron chi connectivity index (χ4n) is 3.45. The lowest BCUT2D eigenvalue weighted by Crippen LogP contribution is -2.35. The standard InChI is InChI=1S/C21H24FN3O3/c1-14-9-11-24(12-10-14)20-8-7-18(25(27)28)13-19(20)21(26)23-15(2)16-3-5-17(22)6-4-16/h3-8,13-15H,9-12H2,1-2H3,(H,23,26). The van der Waals surface area contributed by atoms with E-state index in [2.05, 4.69) is 17.1 Å². The predicted octanol–water partition coefficient (Wildman–Crippen LogP) is 4.46. The third kappa shape index (κ3) is 4.47. The number of halogens is 1. The molecule has 0 aromatic heterocycles. The van der Waals surface area contributed by atoms with Crippen molar-refractivity contribution in [3.05, 3.63) is 69.5 Å². The Morgan fingerprint density at radius 3 is 2.46 bits per heavy atom. The first kappa shape index (κ1) is 19.8. The van der Waals surface area contributed by atoms with Crippen LogP contribution in [0.1, 0.15) is 48.7 Å². The molecule has 1 atom stereocenters. The molecule has 0 bridgehead atoms. The SMILES string of the molecule is CC1CCN(c2ccc([N+](=O)[O-])cc2C(=O)NC(C)c2ccc(F)cc2)CC1. The van der Waals surface area contributed by atoms with Crippen LogP contribution in [-0.2, 0) is 0 Å². The number of anilines is 1. The van der Waals surface area contributed by atoms with Gasteiger partial charge in [0.25, 0.3) is 11.6 Å². The van der Waals surface area contributed by atoms with E-state index in [9.17, 15) is 19.3 Å². The molecule has 0 radical (unpaired) electrons. The Labute approximate surface area is 163 Å². The Kier molecular flexibility index (Phi) is 5.92. The minimum atomic E-state index is -0.498. The number of nitro groups is 1. The molecule has 1 saturated heterocycles. The number of carbonyl (C=O) groups excluding carboxylic acids is 1. The molecule has 7 heteroatoms. The van der Waals surface area contributed by atoms with Crippen molar-refractivity contribution >= 4 is 17.3 Å². The van der Waals surface area contributed by atoms with Gasteiger partial charge in [0.05, 0.1) is 22.2 Å². The van der Waals surface area contributed by atoms with Crippen LogP contribution >= 0.6 is 0 Å². The third-order valence-corrected chi connectivity index (χ3v) is 5.28. The number of rotatable bonds is 5. The van der Waals surface area contributed by atoms with Crippen LogP contribution in [0.4, 0.5) is 15.8 Å². The van der Waals surface area contributed by atoms with Crippen molar-refractivity contribution < 1.29 is 14.1 Å². The zero-order chi connectivity index (χ0) is 20.3. The molecule has 0 aliphatic carbocycles. The van der Waals surface area contributed by atoms with Crippen LogP contribution in [0.2, 0.25) is 0 Å². The first-order valence-electron chi connectivity index (χ1n) is 9.45. The van der Waals surface area contributed by atoms with Crippen LogP contribution in [0.3, 0.4) is 0 Å². The van der Waals surface area contributed by atoms with Crippen LogP contribution in [0, 0.1) is 21.8 Å². The number of non-ortho nitro benzene ring substituents is 1. The van der Waals surface area contributed by atoms with Gasteiger partial charge >= 0.3 is 0 Å². The number of nitro benzene ring substituents is 1. The number of nitrogens with zero attached hydrogens (tertiary/aromatic N) is 2. The van der Waals surface area contributed by atoms with Gasteiger partial charge in [-0.25, -0.2) is 4.39 Å². The van der Waals surface area contributed by atoms with E-state index in [1.165, 1.54) is 24.3 Å². The minimum absolute atomic E-state index is 0.117. The Balaban J connectivity index is 1.86. The third-order valence-electron chi connectivity index (χ3n) is 5.28. The summed E-state index contributed by atoms with van der Waals surface area (Å²) in [5.41, 5.74) is 1.64. The van der Waals surface area contributed by atoms with E-state index in [4.69, 9.17) is 0 Å². The Morgan fingerprint density at radius 2 is 1.86 bits per heavy atom. The quantitative estimate of drug-likeness (QED) is 0.609. The fraction of sp³-hybridized carbons (Fsp3) is 0.381. The topological polar surface area (TPSA) is 75.5 Å². The second-order valence-corrected chi connectivity index (χ2v) is 7.37. The van der Waals surface area contributed by atoms with Gasteiger partial charge in [0.1, 0.15) is 5.82 Å². The van der Waals surface area contributed by atoms with Gasteiger partial charge in [-0.3, -0.25) is 14.9 Å². The average Bonchev–Trinajstić information content (AvgIpc) is 2.68. The monoisotopic (exact) mass is 385 g/mol. The van der Waals surface area contributed by atoms with Crippen molar-refractivity contribution in [2.24, 2.45) is 5.92 Å². The zero-order valence-electron chi connectivity index (χ0n) is 16.0. The van der Waals surface area contributed by atoms with Gasteiger partial charge in [0.15, 0.2) is 0 Å². The lowest BCUT2D eigenvalue weighted by molar-refractivity contribution is -0.384. The molecule has 1 heterocycles. The highest BCUT2D eigenvalue weighted by Gasteiger charge is 2.24. The maximum Gasteiger partial charge on any atom is 0.270 e. The second kappa shape index (κ2) is 8.37. The van der Waals surface area contributed by atoms with E-state index in [0.29, 0.717) is 11.6 Å². The molecule has 2 aromatic rings. The molecule has 1 N–H and O–H groups in total. The molecule has 0 saturated carbocycles. The number of benzene rings is 2. The van der Waals surface area contributed by atoms with Gasteiger partial charge in [0, 0.05) is 25.2 Å². The molecule has 6 nitrogen and oxygen atoms in total. The molecule has 1 amide bonds. The van der Waals surface area contributed by atoms with E-state index >= 15 is 0 Å². The predicted molar refractivity (Wildman–Crippen MR) is 106 cm³/mol. The summed E-state index contributed by atoms with van der Waals surface area (Å²) in [5, 5.41) is 14.1. The van der Waals surface area contributed by atoms with Gasteiger partial charge < -0.3 is 10.2 Å². The molecule has 28 heavy (non-hydrogen) atoms. The maximum atomic E-state index is 13.1. The van der Waals surface area contributed by atoms with E-state index in [1.807, 2.05) is 0 Å². The summed E-state index contributed by atoms with van der Waals surface area (Å²) in [6.07, 6.45) is 2.04. The van der Waals surface area contributed by atoms with E-state index in [1.54, 1.807) is 25.1 Å². The summed E-state index contributed by atoms with van der Waals surface area (Å²) in [7, 11) is 0. The lowest BCUT2D eigenvalue weighted by Gasteiger charge is -2.33. The number of carbonyl (C=O) groups is 1. The highest BCUT2D eigenvalue weighted by atomic mass is 19.1. The maximum absolute atomic E-state index is 13.1. The van der Waals surface area contributed by atoms with Crippen LogP contribution in [0.15, 0.2) is 42.5 Å². The number of amides is 1. The number of piperidine rings is 1. The van der Waals surface area contributed by atoms with Crippen LogP contribution in [0.5, 0.6) is 0 Å². The van der Waals surface area contributed by atoms with Crippen molar-refractivity contribution in [2.75, 3.05) is 18.0 Å². The van der Waals surface area contributed by atoms with Gasteiger partial charge in [-0.05, 0) is 49.4 Å². The van der Waals surface area contributed by atoms with Crippen molar-refractivity contribution in [1.82, 2.24) is 5.32 Å². The van der Waals surface area contributed by atoms with E-state index < -0.39 is 4.92 Å². The molecule has 1 aliphatic rings. The summed E-state index contributed by atoms with van der Waals surface area (Å²) >= 11 is 0. The van der Waals surface area contributed by atoms with Gasteiger partial charge in [0.2, 0.25) is 0 Å². The van der Waals surface area contributed by atoms with Crippen molar-refractivity contribution in [1.29, 1.82) is 0 Å². The van der Waals surface area contributed by atoms with Crippen molar-refractivity contribution in [3.8, 4) is 0 Å². The van der Waals surface area contributed by atoms with Gasteiger partial charge in [-0.2, -0.15) is 0 Å². The molecular weight excluding hydrogens is 361 g/mol.